The Morgan fingerprint density at radius 3 is 2.46 bits per heavy atom. The van der Waals surface area contributed by atoms with Crippen LogP contribution in [0.2, 0.25) is 0 Å². The highest BCUT2D eigenvalue weighted by atomic mass is 79.9. The second-order valence-electron chi connectivity index (χ2n) is 7.23. The van der Waals surface area contributed by atoms with Gasteiger partial charge >= 0.3 is 5.97 Å². The second kappa shape index (κ2) is 8.59. The van der Waals surface area contributed by atoms with Crippen molar-refractivity contribution >= 4 is 38.2 Å². The first-order valence-corrected chi connectivity index (χ1v) is 11.0. The zero-order valence-electron chi connectivity index (χ0n) is 16.1. The molecule has 0 atom stereocenters. The van der Waals surface area contributed by atoms with Crippen LogP contribution in [0.1, 0.15) is 48.5 Å². The third-order valence-electron chi connectivity index (χ3n) is 5.90. The summed E-state index contributed by atoms with van der Waals surface area (Å²) in [5, 5.41) is 1.20. The minimum Gasteiger partial charge on any atom is -0.465 e. The lowest BCUT2D eigenvalue weighted by atomic mass is 9.87. The molecular weight excluding hydrogens is 416 g/mol. The molecule has 0 unspecified atom stereocenters. The van der Waals surface area contributed by atoms with E-state index in [1.165, 1.54) is 37.8 Å². The van der Waals surface area contributed by atoms with Crippen LogP contribution in [0.15, 0.2) is 3.79 Å². The van der Waals surface area contributed by atoms with Gasteiger partial charge in [-0.1, -0.05) is 0 Å². The fourth-order valence-electron chi connectivity index (χ4n) is 4.30. The van der Waals surface area contributed by atoms with Crippen molar-refractivity contribution in [2.24, 2.45) is 0 Å². The number of carbonyl (C=O) groups excluding carboxylic acids is 1. The van der Waals surface area contributed by atoms with Crippen LogP contribution >= 0.6 is 27.3 Å². The van der Waals surface area contributed by atoms with Crippen LogP contribution in [-0.2, 0) is 9.47 Å². The standard InChI is InChI=1S/C19H29BrN2O3S/c1-5-22(18-12(2)16(17(20)26-18)19(23)25-4)14-8-6-13(7-9-14)21-10-15(11-21)24-3/h13-15H,5-11H2,1-4H3. The number of esters is 1. The van der Waals surface area contributed by atoms with Crippen LogP contribution in [0.3, 0.4) is 0 Å². The Hall–Kier alpha value is -0.630. The number of anilines is 1. The molecule has 1 aromatic heterocycles. The molecule has 2 aliphatic rings. The highest BCUT2D eigenvalue weighted by Crippen LogP contribution is 2.42. The smallest absolute Gasteiger partial charge is 0.340 e. The average molecular weight is 445 g/mol. The van der Waals surface area contributed by atoms with E-state index in [2.05, 4.69) is 32.7 Å². The van der Waals surface area contributed by atoms with Gasteiger partial charge in [-0.15, -0.1) is 11.3 Å². The molecule has 1 aliphatic heterocycles. The van der Waals surface area contributed by atoms with Gasteiger partial charge in [0, 0.05) is 38.8 Å². The molecule has 0 amide bonds. The molecule has 0 N–H and O–H groups in total. The Morgan fingerprint density at radius 2 is 1.92 bits per heavy atom. The SMILES string of the molecule is CCN(c1sc(Br)c(C(=O)OC)c1C)C1CCC(N2CC(OC)C2)CC1. The van der Waals surface area contributed by atoms with Crippen LogP contribution in [0.5, 0.6) is 0 Å². The van der Waals surface area contributed by atoms with E-state index in [-0.39, 0.29) is 5.97 Å². The van der Waals surface area contributed by atoms with Crippen LogP contribution < -0.4 is 4.90 Å². The van der Waals surface area contributed by atoms with Crippen molar-refractivity contribution < 1.29 is 14.3 Å². The summed E-state index contributed by atoms with van der Waals surface area (Å²) in [5.41, 5.74) is 1.70. The van der Waals surface area contributed by atoms with Crippen molar-refractivity contribution in [3.8, 4) is 0 Å². The molecule has 1 aromatic rings. The summed E-state index contributed by atoms with van der Waals surface area (Å²) in [6.45, 7) is 7.36. The zero-order chi connectivity index (χ0) is 18.8. The van der Waals surface area contributed by atoms with Gasteiger partial charge in [0.25, 0.3) is 0 Å². The minimum atomic E-state index is -0.262. The molecule has 0 bridgehead atoms. The van der Waals surface area contributed by atoms with Gasteiger partial charge in [0.15, 0.2) is 0 Å². The van der Waals surface area contributed by atoms with Crippen molar-refractivity contribution in [3.05, 3.63) is 14.9 Å². The summed E-state index contributed by atoms with van der Waals surface area (Å²) in [5.74, 6) is -0.262. The molecular formula is C19H29BrN2O3S. The second-order valence-corrected chi connectivity index (χ2v) is 9.55. The van der Waals surface area contributed by atoms with Crippen molar-refractivity contribution in [3.63, 3.8) is 0 Å². The van der Waals surface area contributed by atoms with Crippen molar-refractivity contribution in [2.45, 2.75) is 57.7 Å². The summed E-state index contributed by atoms with van der Waals surface area (Å²) in [4.78, 5) is 17.1. The summed E-state index contributed by atoms with van der Waals surface area (Å²) in [7, 11) is 3.25. The third kappa shape index (κ3) is 3.81. The number of hydrogen-bond acceptors (Lipinski definition) is 6. The van der Waals surface area contributed by atoms with Crippen LogP contribution in [0.25, 0.3) is 0 Å². The first-order valence-electron chi connectivity index (χ1n) is 9.40. The van der Waals surface area contributed by atoms with E-state index in [9.17, 15) is 4.79 Å². The number of likely N-dealkylation sites (tertiary alicyclic amines) is 1. The maximum absolute atomic E-state index is 12.1. The van der Waals surface area contributed by atoms with Gasteiger partial charge in [0.05, 0.1) is 27.6 Å². The highest BCUT2D eigenvalue weighted by Gasteiger charge is 2.36. The van der Waals surface area contributed by atoms with Crippen LogP contribution in [0.4, 0.5) is 5.00 Å². The molecule has 1 saturated carbocycles. The topological polar surface area (TPSA) is 42.0 Å². The molecule has 1 aliphatic carbocycles. The van der Waals surface area contributed by atoms with Crippen LogP contribution in [0, 0.1) is 6.92 Å². The zero-order valence-corrected chi connectivity index (χ0v) is 18.5. The van der Waals surface area contributed by atoms with Gasteiger partial charge in [-0.2, -0.15) is 0 Å². The van der Waals surface area contributed by atoms with Crippen molar-refractivity contribution in [1.82, 2.24) is 4.90 Å². The van der Waals surface area contributed by atoms with E-state index in [1.807, 2.05) is 14.0 Å². The average Bonchev–Trinajstić information content (AvgIpc) is 2.90. The molecule has 146 valence electrons. The number of halogens is 1. The van der Waals surface area contributed by atoms with E-state index in [0.717, 1.165) is 29.0 Å². The molecule has 2 heterocycles. The number of hydrogen-bond donors (Lipinski definition) is 0. The van der Waals surface area contributed by atoms with Gasteiger partial charge < -0.3 is 14.4 Å². The number of methoxy groups -OCH3 is 2. The van der Waals surface area contributed by atoms with Gasteiger partial charge in [-0.3, -0.25) is 4.90 Å². The number of carbonyl (C=O) groups is 1. The van der Waals surface area contributed by atoms with Crippen molar-refractivity contribution in [1.29, 1.82) is 0 Å². The Bertz CT molecular complexity index is 637. The van der Waals surface area contributed by atoms with Gasteiger partial charge in [0.2, 0.25) is 0 Å². The monoisotopic (exact) mass is 444 g/mol. The van der Waals surface area contributed by atoms with E-state index in [4.69, 9.17) is 9.47 Å². The highest BCUT2D eigenvalue weighted by molar-refractivity contribution is 9.11. The third-order valence-corrected chi connectivity index (χ3v) is 7.90. The van der Waals surface area contributed by atoms with E-state index < -0.39 is 0 Å². The molecule has 0 radical (unpaired) electrons. The largest absolute Gasteiger partial charge is 0.465 e. The molecule has 3 rings (SSSR count). The van der Waals surface area contributed by atoms with Gasteiger partial charge in [0.1, 0.15) is 0 Å². The maximum Gasteiger partial charge on any atom is 0.340 e. The fourth-order valence-corrected chi connectivity index (χ4v) is 6.37. The van der Waals surface area contributed by atoms with E-state index >= 15 is 0 Å². The molecule has 7 heteroatoms. The molecule has 26 heavy (non-hydrogen) atoms. The number of rotatable bonds is 6. The Labute approximate surface area is 168 Å². The molecule has 0 spiro atoms. The Balaban J connectivity index is 1.66. The minimum absolute atomic E-state index is 0.262. The van der Waals surface area contributed by atoms with E-state index in [1.54, 1.807) is 11.3 Å². The Morgan fingerprint density at radius 1 is 1.27 bits per heavy atom. The number of thiophene rings is 1. The van der Waals surface area contributed by atoms with Gasteiger partial charge in [-0.25, -0.2) is 4.79 Å². The predicted octanol–water partition coefficient (Wildman–Crippen LogP) is 4.07. The fraction of sp³-hybridized carbons (Fsp3) is 0.737. The van der Waals surface area contributed by atoms with E-state index in [0.29, 0.717) is 23.8 Å². The van der Waals surface area contributed by atoms with Crippen LogP contribution in [-0.4, -0.2) is 62.9 Å². The molecule has 1 saturated heterocycles. The maximum atomic E-state index is 12.1. The lowest BCUT2D eigenvalue weighted by Crippen LogP contribution is -2.57. The van der Waals surface area contributed by atoms with Gasteiger partial charge in [-0.05, 0) is 61.0 Å². The lowest BCUT2D eigenvalue weighted by molar-refractivity contribution is -0.0578. The lowest BCUT2D eigenvalue weighted by Gasteiger charge is -2.47. The number of ether oxygens (including phenoxy) is 2. The predicted molar refractivity (Wildman–Crippen MR) is 110 cm³/mol. The number of nitrogens with zero attached hydrogens (tertiary/aromatic N) is 2. The summed E-state index contributed by atoms with van der Waals surface area (Å²) in [6.07, 6.45) is 5.33. The summed E-state index contributed by atoms with van der Waals surface area (Å²) in [6, 6.07) is 1.25. The quantitative estimate of drug-likeness (QED) is 0.618. The first-order chi connectivity index (χ1) is 12.5. The Kier molecular flexibility index (Phi) is 6.64. The molecule has 5 nitrogen and oxygen atoms in total. The normalized spacial score (nSPS) is 24.3. The first kappa shape index (κ1) is 20.1. The van der Waals surface area contributed by atoms with Crippen molar-refractivity contribution in [2.75, 3.05) is 38.8 Å². The summed E-state index contributed by atoms with van der Waals surface area (Å²) >= 11 is 5.21. The summed E-state index contributed by atoms with van der Waals surface area (Å²) < 4.78 is 11.2. The molecule has 0 aromatic carbocycles. The molecule has 2 fully saturated rings.